The molecule has 160 valence electrons. The fraction of sp³-hybridized carbons (Fsp3) is 0.500. The number of hydrogen-bond acceptors (Lipinski definition) is 4. The molecule has 0 saturated carbocycles. The van der Waals surface area contributed by atoms with E-state index in [0.717, 1.165) is 36.8 Å². The molecule has 2 fully saturated rings. The van der Waals surface area contributed by atoms with Gasteiger partial charge in [-0.3, -0.25) is 4.98 Å². The van der Waals surface area contributed by atoms with Gasteiger partial charge in [0.1, 0.15) is 11.4 Å². The molecule has 2 aliphatic rings. The van der Waals surface area contributed by atoms with Gasteiger partial charge in [-0.15, -0.1) is 0 Å². The topological polar surface area (TPSA) is 51.7 Å². The standard InChI is InChI=1S/C24H29FN2O3/c1-24(2,3)30-23(28)27-17-7-8-18(27)14-19(13-17)29-15-21-20(5-4-6-22(21)25)16-9-11-26-12-10-16/h4-6,9-12,17-19H,7-8,13-15H2,1-3H3/t17-,18+,19?. The van der Waals surface area contributed by atoms with E-state index < -0.39 is 5.60 Å². The van der Waals surface area contributed by atoms with Crippen LogP contribution in [0.1, 0.15) is 52.0 Å². The molecule has 0 radical (unpaired) electrons. The van der Waals surface area contributed by atoms with Crippen LogP contribution in [0, 0.1) is 5.82 Å². The summed E-state index contributed by atoms with van der Waals surface area (Å²) in [5.41, 5.74) is 1.80. The number of fused-ring (bicyclic) bond motifs is 2. The molecule has 0 N–H and O–H groups in total. The monoisotopic (exact) mass is 412 g/mol. The average Bonchev–Trinajstić information content (AvgIpc) is 2.97. The van der Waals surface area contributed by atoms with E-state index in [1.165, 1.54) is 6.07 Å². The number of hydrogen-bond donors (Lipinski definition) is 0. The van der Waals surface area contributed by atoms with E-state index in [1.54, 1.807) is 18.5 Å². The normalized spacial score (nSPS) is 23.5. The molecule has 2 aromatic rings. The smallest absolute Gasteiger partial charge is 0.410 e. The fourth-order valence-electron chi connectivity index (χ4n) is 4.58. The number of ether oxygens (including phenoxy) is 2. The zero-order chi connectivity index (χ0) is 21.3. The second kappa shape index (κ2) is 8.34. The number of piperidine rings is 1. The molecule has 1 unspecified atom stereocenters. The SMILES string of the molecule is CC(C)(C)OC(=O)N1[C@@H]2CC[C@H]1CC(OCc1c(F)cccc1-c1ccncc1)C2. The number of rotatable bonds is 4. The second-order valence-corrected chi connectivity index (χ2v) is 9.18. The van der Waals surface area contributed by atoms with Gasteiger partial charge in [0.2, 0.25) is 0 Å². The first-order valence-electron chi connectivity index (χ1n) is 10.6. The van der Waals surface area contributed by atoms with E-state index in [0.29, 0.717) is 5.56 Å². The van der Waals surface area contributed by atoms with Crippen molar-refractivity contribution in [1.82, 2.24) is 9.88 Å². The van der Waals surface area contributed by atoms with E-state index >= 15 is 0 Å². The highest BCUT2D eigenvalue weighted by Crippen LogP contribution is 2.38. The Labute approximate surface area is 177 Å². The van der Waals surface area contributed by atoms with Crippen LogP contribution in [0.3, 0.4) is 0 Å². The Kier molecular flexibility index (Phi) is 5.78. The largest absolute Gasteiger partial charge is 0.444 e. The highest BCUT2D eigenvalue weighted by atomic mass is 19.1. The van der Waals surface area contributed by atoms with Gasteiger partial charge in [-0.05, 0) is 75.8 Å². The number of halogens is 1. The molecule has 3 heterocycles. The maximum atomic E-state index is 14.6. The maximum absolute atomic E-state index is 14.6. The van der Waals surface area contributed by atoms with Crippen LogP contribution in [0.15, 0.2) is 42.7 Å². The minimum atomic E-state index is -0.502. The van der Waals surface area contributed by atoms with Gasteiger partial charge in [-0.25, -0.2) is 9.18 Å². The van der Waals surface area contributed by atoms with E-state index in [9.17, 15) is 9.18 Å². The first kappa shape index (κ1) is 20.8. The molecule has 2 aliphatic heterocycles. The predicted octanol–water partition coefficient (Wildman–Crippen LogP) is 5.33. The van der Waals surface area contributed by atoms with Crippen LogP contribution in [-0.2, 0) is 16.1 Å². The van der Waals surface area contributed by atoms with E-state index in [-0.39, 0.29) is 36.7 Å². The number of carbonyl (C=O) groups excluding carboxylic acids is 1. The maximum Gasteiger partial charge on any atom is 0.410 e. The van der Waals surface area contributed by atoms with Crippen LogP contribution in [0.5, 0.6) is 0 Å². The first-order chi connectivity index (χ1) is 14.3. The highest BCUT2D eigenvalue weighted by Gasteiger charge is 2.45. The minimum absolute atomic E-state index is 0.00563. The summed E-state index contributed by atoms with van der Waals surface area (Å²) in [4.78, 5) is 18.6. The number of benzene rings is 1. The van der Waals surface area contributed by atoms with Crippen LogP contribution < -0.4 is 0 Å². The van der Waals surface area contributed by atoms with Crippen LogP contribution >= 0.6 is 0 Å². The van der Waals surface area contributed by atoms with E-state index in [1.807, 2.05) is 43.9 Å². The van der Waals surface area contributed by atoms with Gasteiger partial charge in [0.15, 0.2) is 0 Å². The second-order valence-electron chi connectivity index (χ2n) is 9.18. The number of nitrogens with zero attached hydrogens (tertiary/aromatic N) is 2. The van der Waals surface area contributed by atoms with Crippen molar-refractivity contribution in [2.24, 2.45) is 0 Å². The summed E-state index contributed by atoms with van der Waals surface area (Å²) in [6, 6.07) is 9.10. The number of pyridine rings is 1. The van der Waals surface area contributed by atoms with Gasteiger partial charge in [0.25, 0.3) is 0 Å². The molecule has 1 aromatic carbocycles. The molecule has 2 bridgehead atoms. The third kappa shape index (κ3) is 4.48. The lowest BCUT2D eigenvalue weighted by Crippen LogP contribution is -2.50. The quantitative estimate of drug-likeness (QED) is 0.681. The molecule has 30 heavy (non-hydrogen) atoms. The average molecular weight is 413 g/mol. The number of carbonyl (C=O) groups is 1. The fourth-order valence-corrected chi connectivity index (χ4v) is 4.58. The summed E-state index contributed by atoms with van der Waals surface area (Å²) in [5.74, 6) is -0.265. The summed E-state index contributed by atoms with van der Waals surface area (Å²) < 4.78 is 26.4. The summed E-state index contributed by atoms with van der Waals surface area (Å²) in [6.07, 6.45) is 6.62. The van der Waals surface area contributed by atoms with Gasteiger partial charge >= 0.3 is 6.09 Å². The molecule has 1 amide bonds. The number of aromatic nitrogens is 1. The Morgan fingerprint density at radius 2 is 1.80 bits per heavy atom. The Morgan fingerprint density at radius 1 is 1.13 bits per heavy atom. The van der Waals surface area contributed by atoms with Crippen molar-refractivity contribution in [3.05, 3.63) is 54.1 Å². The zero-order valence-electron chi connectivity index (χ0n) is 17.8. The summed E-state index contributed by atoms with van der Waals surface area (Å²) in [6.45, 7) is 5.87. The Bertz CT molecular complexity index is 883. The van der Waals surface area contributed by atoms with Crippen molar-refractivity contribution < 1.29 is 18.7 Å². The molecule has 2 saturated heterocycles. The lowest BCUT2D eigenvalue weighted by Gasteiger charge is -2.39. The molecular formula is C24H29FN2O3. The van der Waals surface area contributed by atoms with Crippen molar-refractivity contribution in [3.63, 3.8) is 0 Å². The number of amides is 1. The van der Waals surface area contributed by atoms with E-state index in [4.69, 9.17) is 9.47 Å². The Balaban J connectivity index is 1.43. The van der Waals surface area contributed by atoms with Crippen molar-refractivity contribution in [2.45, 2.75) is 76.9 Å². The predicted molar refractivity (Wildman–Crippen MR) is 112 cm³/mol. The summed E-state index contributed by atoms with van der Waals surface area (Å²) >= 11 is 0. The molecule has 4 rings (SSSR count). The summed E-state index contributed by atoms with van der Waals surface area (Å²) in [7, 11) is 0. The van der Waals surface area contributed by atoms with Crippen molar-refractivity contribution in [2.75, 3.05) is 0 Å². The molecule has 6 heteroatoms. The van der Waals surface area contributed by atoms with Gasteiger partial charge in [0.05, 0.1) is 12.7 Å². The Hall–Kier alpha value is -2.47. The van der Waals surface area contributed by atoms with Gasteiger partial charge < -0.3 is 14.4 Å². The molecule has 5 nitrogen and oxygen atoms in total. The van der Waals surface area contributed by atoms with Crippen molar-refractivity contribution in [3.8, 4) is 11.1 Å². The lowest BCUT2D eigenvalue weighted by atomic mass is 9.99. The van der Waals surface area contributed by atoms with Crippen LogP contribution in [0.2, 0.25) is 0 Å². The molecule has 0 aliphatic carbocycles. The Morgan fingerprint density at radius 3 is 2.43 bits per heavy atom. The molecule has 0 spiro atoms. The third-order valence-corrected chi connectivity index (χ3v) is 5.87. The van der Waals surface area contributed by atoms with E-state index in [2.05, 4.69) is 4.98 Å². The zero-order valence-corrected chi connectivity index (χ0v) is 17.8. The minimum Gasteiger partial charge on any atom is -0.444 e. The van der Waals surface area contributed by atoms with Crippen molar-refractivity contribution in [1.29, 1.82) is 0 Å². The van der Waals surface area contributed by atoms with Crippen LogP contribution in [0.4, 0.5) is 9.18 Å². The van der Waals surface area contributed by atoms with Gasteiger partial charge in [0, 0.05) is 30.0 Å². The van der Waals surface area contributed by atoms with Gasteiger partial charge in [-0.1, -0.05) is 12.1 Å². The third-order valence-electron chi connectivity index (χ3n) is 5.87. The molecule has 3 atom stereocenters. The summed E-state index contributed by atoms with van der Waals surface area (Å²) in [5, 5.41) is 0. The van der Waals surface area contributed by atoms with Crippen LogP contribution in [-0.4, -0.2) is 39.8 Å². The molecule has 1 aromatic heterocycles. The highest BCUT2D eigenvalue weighted by molar-refractivity contribution is 5.70. The van der Waals surface area contributed by atoms with Crippen molar-refractivity contribution >= 4 is 6.09 Å². The molecular weight excluding hydrogens is 383 g/mol. The van der Waals surface area contributed by atoms with Crippen LogP contribution in [0.25, 0.3) is 11.1 Å². The van der Waals surface area contributed by atoms with Gasteiger partial charge in [-0.2, -0.15) is 0 Å². The first-order valence-corrected chi connectivity index (χ1v) is 10.6. The lowest BCUT2D eigenvalue weighted by molar-refractivity contribution is -0.0400.